The van der Waals surface area contributed by atoms with E-state index in [-0.39, 0.29) is 11.5 Å². The first-order chi connectivity index (χ1) is 10.5. The molecule has 23 heavy (non-hydrogen) atoms. The predicted octanol–water partition coefficient (Wildman–Crippen LogP) is 1.76. The highest BCUT2D eigenvalue weighted by atomic mass is 19.4. The van der Waals surface area contributed by atoms with Crippen LogP contribution in [0, 0.1) is 5.92 Å². The van der Waals surface area contributed by atoms with Gasteiger partial charge in [-0.2, -0.15) is 13.2 Å². The number of hydrogen-bond acceptors (Lipinski definition) is 3. The van der Waals surface area contributed by atoms with E-state index in [1.807, 2.05) is 13.8 Å². The highest BCUT2D eigenvalue weighted by molar-refractivity contribution is 5.89. The maximum atomic E-state index is 12.5. The molecule has 0 saturated heterocycles. The van der Waals surface area contributed by atoms with Crippen molar-refractivity contribution in [3.63, 3.8) is 0 Å². The van der Waals surface area contributed by atoms with Crippen molar-refractivity contribution in [3.8, 4) is 0 Å². The normalized spacial score (nSPS) is 14.4. The van der Waals surface area contributed by atoms with E-state index in [4.69, 9.17) is 5.73 Å². The van der Waals surface area contributed by atoms with Crippen molar-refractivity contribution in [2.45, 2.75) is 38.6 Å². The van der Waals surface area contributed by atoms with Crippen LogP contribution in [0.5, 0.6) is 0 Å². The van der Waals surface area contributed by atoms with E-state index in [0.717, 1.165) is 24.3 Å². The van der Waals surface area contributed by atoms with Gasteiger partial charge in [0.05, 0.1) is 5.56 Å². The summed E-state index contributed by atoms with van der Waals surface area (Å²) in [5.74, 6) is -1.56. The van der Waals surface area contributed by atoms with Crippen molar-refractivity contribution in [3.05, 3.63) is 35.4 Å². The Bertz CT molecular complexity index is 556. The van der Waals surface area contributed by atoms with E-state index in [1.165, 1.54) is 0 Å². The number of aliphatic hydroxyl groups excluding tert-OH is 1. The van der Waals surface area contributed by atoms with Crippen LogP contribution >= 0.6 is 0 Å². The van der Waals surface area contributed by atoms with E-state index in [2.05, 4.69) is 5.32 Å². The number of primary amides is 1. The zero-order valence-electron chi connectivity index (χ0n) is 12.7. The molecule has 1 aromatic carbocycles. The van der Waals surface area contributed by atoms with Gasteiger partial charge in [0.25, 0.3) is 5.91 Å². The van der Waals surface area contributed by atoms with Crippen LogP contribution in [0.15, 0.2) is 24.3 Å². The van der Waals surface area contributed by atoms with Gasteiger partial charge in [0.1, 0.15) is 6.04 Å². The van der Waals surface area contributed by atoms with E-state index in [1.54, 1.807) is 0 Å². The third-order valence-corrected chi connectivity index (χ3v) is 3.17. The molecule has 2 atom stereocenters. The quantitative estimate of drug-likeness (QED) is 0.741. The van der Waals surface area contributed by atoms with Gasteiger partial charge in [0.2, 0.25) is 5.91 Å². The maximum Gasteiger partial charge on any atom is 0.416 e. The number of carbonyl (C=O) groups is 2. The van der Waals surface area contributed by atoms with E-state index in [0.29, 0.717) is 6.42 Å². The van der Waals surface area contributed by atoms with Crippen LogP contribution in [-0.2, 0) is 15.8 Å². The molecular formula is C15H19F3N2O3. The Kier molecular flexibility index (Phi) is 6.14. The van der Waals surface area contributed by atoms with Crippen LogP contribution in [0.4, 0.5) is 13.2 Å². The fraction of sp³-hybridized carbons (Fsp3) is 0.467. The SMILES string of the molecule is CC(C)C[C@@H](NC(=O)[C@H](O)c1ccc(C(F)(F)F)cc1)C(N)=O. The lowest BCUT2D eigenvalue weighted by Crippen LogP contribution is -2.46. The minimum absolute atomic E-state index is 0.0109. The second kappa shape index (κ2) is 7.45. The first kappa shape index (κ1) is 19.0. The van der Waals surface area contributed by atoms with Gasteiger partial charge in [0.15, 0.2) is 6.10 Å². The van der Waals surface area contributed by atoms with Crippen LogP contribution in [0.3, 0.4) is 0 Å². The van der Waals surface area contributed by atoms with Gasteiger partial charge in [-0.3, -0.25) is 9.59 Å². The third-order valence-electron chi connectivity index (χ3n) is 3.17. The molecule has 0 heterocycles. The van der Waals surface area contributed by atoms with Crippen molar-refractivity contribution in [1.29, 1.82) is 0 Å². The van der Waals surface area contributed by atoms with Gasteiger partial charge in [-0.25, -0.2) is 0 Å². The second-order valence-electron chi connectivity index (χ2n) is 5.62. The number of hydrogen-bond donors (Lipinski definition) is 3. The number of nitrogens with one attached hydrogen (secondary N) is 1. The number of halogens is 3. The number of aliphatic hydroxyl groups is 1. The largest absolute Gasteiger partial charge is 0.416 e. The predicted molar refractivity (Wildman–Crippen MR) is 77.0 cm³/mol. The standard InChI is InChI=1S/C15H19F3N2O3/c1-8(2)7-11(13(19)22)20-14(23)12(21)9-3-5-10(6-4-9)15(16,17)18/h3-6,8,11-12,21H,7H2,1-2H3,(H2,19,22)(H,20,23)/t11-,12-/m1/s1. The fourth-order valence-corrected chi connectivity index (χ4v) is 1.97. The summed E-state index contributed by atoms with van der Waals surface area (Å²) in [4.78, 5) is 23.2. The first-order valence-electron chi connectivity index (χ1n) is 6.97. The molecular weight excluding hydrogens is 313 g/mol. The van der Waals surface area contributed by atoms with Crippen molar-refractivity contribution >= 4 is 11.8 Å². The molecule has 1 aromatic rings. The lowest BCUT2D eigenvalue weighted by molar-refractivity contribution is -0.137. The van der Waals surface area contributed by atoms with Crippen LogP contribution in [-0.4, -0.2) is 23.0 Å². The second-order valence-corrected chi connectivity index (χ2v) is 5.62. The number of alkyl halides is 3. The molecule has 0 aliphatic rings. The number of amides is 2. The van der Waals surface area contributed by atoms with Gasteiger partial charge < -0.3 is 16.2 Å². The highest BCUT2D eigenvalue weighted by Gasteiger charge is 2.31. The van der Waals surface area contributed by atoms with Gasteiger partial charge >= 0.3 is 6.18 Å². The summed E-state index contributed by atoms with van der Waals surface area (Å²) in [6.07, 6.45) is -5.90. The summed E-state index contributed by atoms with van der Waals surface area (Å²) >= 11 is 0. The summed E-state index contributed by atoms with van der Waals surface area (Å²) < 4.78 is 37.4. The summed E-state index contributed by atoms with van der Waals surface area (Å²) in [5.41, 5.74) is 4.28. The zero-order valence-corrected chi connectivity index (χ0v) is 12.7. The molecule has 2 amide bonds. The molecule has 4 N–H and O–H groups in total. The Hall–Kier alpha value is -2.09. The summed E-state index contributed by atoms with van der Waals surface area (Å²) in [7, 11) is 0. The first-order valence-corrected chi connectivity index (χ1v) is 6.97. The number of carbonyl (C=O) groups excluding carboxylic acids is 2. The summed E-state index contributed by atoms with van der Waals surface area (Å²) in [6.45, 7) is 3.66. The zero-order chi connectivity index (χ0) is 17.8. The van der Waals surface area contributed by atoms with E-state index < -0.39 is 35.7 Å². The van der Waals surface area contributed by atoms with Crippen molar-refractivity contribution in [1.82, 2.24) is 5.32 Å². The lowest BCUT2D eigenvalue weighted by Gasteiger charge is -2.20. The monoisotopic (exact) mass is 332 g/mol. The van der Waals surface area contributed by atoms with Gasteiger partial charge in [-0.1, -0.05) is 26.0 Å². The van der Waals surface area contributed by atoms with Crippen LogP contribution in [0.2, 0.25) is 0 Å². The van der Waals surface area contributed by atoms with Gasteiger partial charge in [-0.15, -0.1) is 0 Å². The van der Waals surface area contributed by atoms with Crippen molar-refractivity contribution in [2.75, 3.05) is 0 Å². The molecule has 0 spiro atoms. The Morgan fingerprint density at radius 2 is 1.74 bits per heavy atom. The minimum Gasteiger partial charge on any atom is -0.378 e. The number of benzene rings is 1. The Morgan fingerprint density at radius 1 is 1.22 bits per heavy atom. The minimum atomic E-state index is -4.50. The lowest BCUT2D eigenvalue weighted by atomic mass is 10.0. The maximum absolute atomic E-state index is 12.5. The molecule has 0 radical (unpaired) electrons. The summed E-state index contributed by atoms with van der Waals surface area (Å²) in [6, 6.07) is 2.60. The van der Waals surface area contributed by atoms with Crippen molar-refractivity contribution < 1.29 is 27.9 Å². The Balaban J connectivity index is 2.81. The average molecular weight is 332 g/mol. The fourth-order valence-electron chi connectivity index (χ4n) is 1.97. The van der Waals surface area contributed by atoms with Gasteiger partial charge in [0, 0.05) is 0 Å². The highest BCUT2D eigenvalue weighted by Crippen LogP contribution is 2.29. The molecule has 0 aliphatic carbocycles. The van der Waals surface area contributed by atoms with Crippen LogP contribution < -0.4 is 11.1 Å². The van der Waals surface area contributed by atoms with E-state index in [9.17, 15) is 27.9 Å². The molecule has 0 aliphatic heterocycles. The Labute approximate surface area is 131 Å². The average Bonchev–Trinajstić information content (AvgIpc) is 2.44. The molecule has 0 saturated carbocycles. The van der Waals surface area contributed by atoms with Crippen molar-refractivity contribution in [2.24, 2.45) is 11.7 Å². The van der Waals surface area contributed by atoms with Crippen LogP contribution in [0.1, 0.15) is 37.5 Å². The van der Waals surface area contributed by atoms with Gasteiger partial charge in [-0.05, 0) is 30.0 Å². The molecule has 128 valence electrons. The Morgan fingerprint density at radius 3 is 2.13 bits per heavy atom. The molecule has 5 nitrogen and oxygen atoms in total. The smallest absolute Gasteiger partial charge is 0.378 e. The molecule has 0 aromatic heterocycles. The molecule has 1 rings (SSSR count). The topological polar surface area (TPSA) is 92.4 Å². The van der Waals surface area contributed by atoms with E-state index >= 15 is 0 Å². The molecule has 0 fully saturated rings. The third kappa shape index (κ3) is 5.55. The molecule has 0 bridgehead atoms. The summed E-state index contributed by atoms with van der Waals surface area (Å²) in [5, 5.41) is 12.2. The molecule has 0 unspecified atom stereocenters. The van der Waals surface area contributed by atoms with Crippen LogP contribution in [0.25, 0.3) is 0 Å². The molecule has 8 heteroatoms. The number of nitrogens with two attached hydrogens (primary N) is 1. The number of rotatable bonds is 6.